The van der Waals surface area contributed by atoms with Gasteiger partial charge in [-0.05, 0) is 49.6 Å². The Balaban J connectivity index is 1.94. The quantitative estimate of drug-likeness (QED) is 0.786. The Morgan fingerprint density at radius 3 is 2.57 bits per heavy atom. The van der Waals surface area contributed by atoms with E-state index in [1.807, 2.05) is 0 Å². The van der Waals surface area contributed by atoms with Gasteiger partial charge in [-0.2, -0.15) is 0 Å². The number of likely N-dealkylation sites (tertiary alicyclic amines) is 1. The van der Waals surface area contributed by atoms with Crippen molar-refractivity contribution in [2.24, 2.45) is 0 Å². The highest BCUT2D eigenvalue weighted by Gasteiger charge is 2.26. The van der Waals surface area contributed by atoms with Crippen LogP contribution >= 0.6 is 11.6 Å². The molecule has 0 atom stereocenters. The summed E-state index contributed by atoms with van der Waals surface area (Å²) in [6, 6.07) is 8.01. The van der Waals surface area contributed by atoms with E-state index in [-0.39, 0.29) is 27.1 Å². The number of aliphatic hydroxyl groups excluding tert-OH is 1. The molecule has 0 aliphatic carbocycles. The molecular formula is C19H20ClFN2O4S. The van der Waals surface area contributed by atoms with Crippen molar-refractivity contribution in [3.63, 3.8) is 0 Å². The summed E-state index contributed by atoms with van der Waals surface area (Å²) in [6.07, 6.45) is 0.530. The van der Waals surface area contributed by atoms with Gasteiger partial charge in [-0.25, -0.2) is 12.8 Å². The summed E-state index contributed by atoms with van der Waals surface area (Å²) >= 11 is 5.70. The van der Waals surface area contributed by atoms with Gasteiger partial charge in [0.25, 0.3) is 15.9 Å². The first kappa shape index (κ1) is 20.6. The lowest BCUT2D eigenvalue weighted by Crippen LogP contribution is -2.40. The van der Waals surface area contributed by atoms with Gasteiger partial charge in [0.15, 0.2) is 0 Å². The minimum atomic E-state index is -4.08. The lowest BCUT2D eigenvalue weighted by Gasteiger charge is -2.30. The van der Waals surface area contributed by atoms with Gasteiger partial charge in [0, 0.05) is 13.1 Å². The van der Waals surface area contributed by atoms with E-state index in [1.165, 1.54) is 0 Å². The number of benzene rings is 2. The Morgan fingerprint density at radius 1 is 1.25 bits per heavy atom. The van der Waals surface area contributed by atoms with E-state index in [0.717, 1.165) is 18.2 Å². The van der Waals surface area contributed by atoms with E-state index in [0.29, 0.717) is 31.5 Å². The number of hydrogen-bond acceptors (Lipinski definition) is 4. The Labute approximate surface area is 168 Å². The number of piperidine rings is 1. The maximum atomic E-state index is 13.4. The molecule has 1 aliphatic rings. The van der Waals surface area contributed by atoms with Crippen LogP contribution in [0.25, 0.3) is 0 Å². The first-order chi connectivity index (χ1) is 13.2. The van der Waals surface area contributed by atoms with Crippen LogP contribution in [0, 0.1) is 12.7 Å². The number of aryl methyl sites for hydroxylation is 1. The van der Waals surface area contributed by atoms with E-state index < -0.39 is 21.9 Å². The first-order valence-corrected chi connectivity index (χ1v) is 10.6. The average molecular weight is 427 g/mol. The molecule has 0 radical (unpaired) electrons. The third-order valence-corrected chi connectivity index (χ3v) is 6.33. The summed E-state index contributed by atoms with van der Waals surface area (Å²) in [4.78, 5) is 14.3. The van der Waals surface area contributed by atoms with Crippen molar-refractivity contribution < 1.29 is 22.7 Å². The molecular weight excluding hydrogens is 407 g/mol. The van der Waals surface area contributed by atoms with Crippen molar-refractivity contribution in [1.29, 1.82) is 0 Å². The van der Waals surface area contributed by atoms with Crippen LogP contribution < -0.4 is 4.72 Å². The smallest absolute Gasteiger partial charge is 0.261 e. The van der Waals surface area contributed by atoms with Crippen molar-refractivity contribution in [2.45, 2.75) is 30.8 Å². The van der Waals surface area contributed by atoms with Crippen LogP contribution in [-0.2, 0) is 10.0 Å². The van der Waals surface area contributed by atoms with Crippen LogP contribution in [0.15, 0.2) is 41.3 Å². The van der Waals surface area contributed by atoms with E-state index in [1.54, 1.807) is 30.0 Å². The number of hydrogen-bond donors (Lipinski definition) is 2. The van der Waals surface area contributed by atoms with Crippen LogP contribution in [0.2, 0.25) is 5.02 Å². The van der Waals surface area contributed by atoms with Gasteiger partial charge in [-0.1, -0.05) is 23.7 Å². The molecule has 3 rings (SSSR count). The number of nitrogens with one attached hydrogen (secondary N) is 1. The topological polar surface area (TPSA) is 86.7 Å². The van der Waals surface area contributed by atoms with Gasteiger partial charge in [0.1, 0.15) is 5.82 Å². The molecule has 1 saturated heterocycles. The van der Waals surface area contributed by atoms with Gasteiger partial charge in [0.2, 0.25) is 0 Å². The Kier molecular flexibility index (Phi) is 5.92. The second-order valence-electron chi connectivity index (χ2n) is 6.70. The number of aliphatic hydroxyl groups is 1. The number of amides is 1. The van der Waals surface area contributed by atoms with Crippen molar-refractivity contribution >= 4 is 33.2 Å². The second kappa shape index (κ2) is 8.06. The molecule has 2 aromatic carbocycles. The molecule has 2 aromatic rings. The fourth-order valence-corrected chi connectivity index (χ4v) is 4.48. The SMILES string of the molecule is Cc1cccc(C(=O)N2CCC(O)CC2)c1NS(=O)(=O)c1ccc(F)c(Cl)c1. The molecule has 0 unspecified atom stereocenters. The number of anilines is 1. The Morgan fingerprint density at radius 2 is 1.93 bits per heavy atom. The summed E-state index contributed by atoms with van der Waals surface area (Å²) in [5.41, 5.74) is 0.951. The zero-order chi connectivity index (χ0) is 20.5. The monoisotopic (exact) mass is 426 g/mol. The van der Waals surface area contributed by atoms with Crippen molar-refractivity contribution in [2.75, 3.05) is 17.8 Å². The molecule has 1 heterocycles. The normalized spacial score (nSPS) is 15.5. The molecule has 2 N–H and O–H groups in total. The number of nitrogens with zero attached hydrogens (tertiary/aromatic N) is 1. The predicted molar refractivity (Wildman–Crippen MR) is 105 cm³/mol. The summed E-state index contributed by atoms with van der Waals surface area (Å²) in [7, 11) is -4.08. The summed E-state index contributed by atoms with van der Waals surface area (Å²) < 4.78 is 41.3. The molecule has 0 saturated carbocycles. The maximum Gasteiger partial charge on any atom is 0.261 e. The first-order valence-electron chi connectivity index (χ1n) is 8.74. The summed E-state index contributed by atoms with van der Waals surface area (Å²) in [5.74, 6) is -1.04. The molecule has 150 valence electrons. The van der Waals surface area contributed by atoms with Crippen molar-refractivity contribution in [3.05, 3.63) is 58.4 Å². The molecule has 0 spiro atoms. The number of sulfonamides is 1. The number of rotatable bonds is 4. The maximum absolute atomic E-state index is 13.4. The summed E-state index contributed by atoms with van der Waals surface area (Å²) in [5, 5.41) is 9.32. The number of halogens is 2. The molecule has 1 aliphatic heterocycles. The number of carbonyl (C=O) groups excluding carboxylic acids is 1. The van der Waals surface area contributed by atoms with Gasteiger partial charge in [-0.3, -0.25) is 9.52 Å². The van der Waals surface area contributed by atoms with Gasteiger partial charge >= 0.3 is 0 Å². The van der Waals surface area contributed by atoms with Gasteiger partial charge < -0.3 is 10.0 Å². The molecule has 6 nitrogen and oxygen atoms in total. The molecule has 1 fully saturated rings. The average Bonchev–Trinajstić information content (AvgIpc) is 2.65. The third kappa shape index (κ3) is 4.29. The van der Waals surface area contributed by atoms with Crippen molar-refractivity contribution in [1.82, 2.24) is 4.90 Å². The predicted octanol–water partition coefficient (Wildman–Crippen LogP) is 3.19. The molecule has 1 amide bonds. The van der Waals surface area contributed by atoms with Crippen LogP contribution in [-0.4, -0.2) is 43.5 Å². The zero-order valence-electron chi connectivity index (χ0n) is 15.2. The fraction of sp³-hybridized carbons (Fsp3) is 0.316. The van der Waals surface area contributed by atoms with Gasteiger partial charge in [0.05, 0.1) is 27.3 Å². The number of carbonyl (C=O) groups is 1. The van der Waals surface area contributed by atoms with Crippen LogP contribution in [0.3, 0.4) is 0 Å². The molecule has 0 aromatic heterocycles. The van der Waals surface area contributed by atoms with Gasteiger partial charge in [-0.15, -0.1) is 0 Å². The van der Waals surface area contributed by atoms with Crippen LogP contribution in [0.1, 0.15) is 28.8 Å². The lowest BCUT2D eigenvalue weighted by molar-refractivity contribution is 0.0547. The minimum absolute atomic E-state index is 0.166. The minimum Gasteiger partial charge on any atom is -0.393 e. The highest BCUT2D eigenvalue weighted by Crippen LogP contribution is 2.28. The fourth-order valence-electron chi connectivity index (χ4n) is 3.06. The van der Waals surface area contributed by atoms with Crippen LogP contribution in [0.5, 0.6) is 0 Å². The van der Waals surface area contributed by atoms with E-state index in [2.05, 4.69) is 4.72 Å². The molecule has 9 heteroatoms. The van der Waals surface area contributed by atoms with E-state index in [4.69, 9.17) is 11.6 Å². The van der Waals surface area contributed by atoms with E-state index in [9.17, 15) is 22.7 Å². The highest BCUT2D eigenvalue weighted by atomic mass is 35.5. The largest absolute Gasteiger partial charge is 0.393 e. The summed E-state index contributed by atoms with van der Waals surface area (Å²) in [6.45, 7) is 2.48. The number of para-hydroxylation sites is 1. The van der Waals surface area contributed by atoms with Crippen LogP contribution in [0.4, 0.5) is 10.1 Å². The highest BCUT2D eigenvalue weighted by molar-refractivity contribution is 7.92. The second-order valence-corrected chi connectivity index (χ2v) is 8.79. The van der Waals surface area contributed by atoms with E-state index >= 15 is 0 Å². The molecule has 0 bridgehead atoms. The Hall–Kier alpha value is -2.16. The lowest BCUT2D eigenvalue weighted by atomic mass is 10.0. The zero-order valence-corrected chi connectivity index (χ0v) is 16.7. The Bertz CT molecular complexity index is 1000. The van der Waals surface area contributed by atoms with Crippen molar-refractivity contribution in [3.8, 4) is 0 Å². The standard InChI is InChI=1S/C19H20ClFN2O4S/c1-12-3-2-4-15(19(25)23-9-7-13(24)8-10-23)18(12)22-28(26,27)14-5-6-17(21)16(20)11-14/h2-6,11,13,22,24H,7-10H2,1H3. The third-order valence-electron chi connectivity index (χ3n) is 4.69. The molecule has 28 heavy (non-hydrogen) atoms.